The fraction of sp³-hybridized carbons (Fsp3) is 0.143. The van der Waals surface area contributed by atoms with Crippen LogP contribution >= 0.6 is 0 Å². The van der Waals surface area contributed by atoms with Gasteiger partial charge in [-0.05, 0) is 29.8 Å². The average molecular weight is 286 g/mol. The number of carbonyl (C=O) groups excluding carboxylic acids is 1. The van der Waals surface area contributed by atoms with Crippen molar-refractivity contribution in [1.29, 1.82) is 0 Å². The topological polar surface area (TPSA) is 104 Å². The number of nitrogens with one attached hydrogen (secondary N) is 2. The van der Waals surface area contributed by atoms with Crippen molar-refractivity contribution in [2.24, 2.45) is 0 Å². The van der Waals surface area contributed by atoms with E-state index in [1.165, 1.54) is 12.1 Å². The molecule has 0 bridgehead atoms. The van der Waals surface area contributed by atoms with E-state index in [0.717, 1.165) is 5.56 Å². The minimum absolute atomic E-state index is 0.214. The Morgan fingerprint density at radius 3 is 2.38 bits per heavy atom. The van der Waals surface area contributed by atoms with E-state index in [1.807, 2.05) is 0 Å². The van der Waals surface area contributed by atoms with E-state index in [2.05, 4.69) is 20.8 Å². The first-order valence-electron chi connectivity index (χ1n) is 6.25. The summed E-state index contributed by atoms with van der Waals surface area (Å²) >= 11 is 0. The molecule has 108 valence electrons. The summed E-state index contributed by atoms with van der Waals surface area (Å²) < 4.78 is 0. The van der Waals surface area contributed by atoms with Crippen LogP contribution in [0.2, 0.25) is 0 Å². The highest BCUT2D eigenvalue weighted by atomic mass is 16.4. The first kappa shape index (κ1) is 14.4. The number of amides is 2. The lowest BCUT2D eigenvalue weighted by atomic mass is 10.1. The predicted octanol–water partition coefficient (Wildman–Crippen LogP) is 1.17. The van der Waals surface area contributed by atoms with Crippen molar-refractivity contribution in [3.8, 4) is 0 Å². The summed E-state index contributed by atoms with van der Waals surface area (Å²) in [7, 11) is 0. The van der Waals surface area contributed by atoms with Gasteiger partial charge >= 0.3 is 12.0 Å². The Bertz CT molecular complexity index is 614. The molecule has 1 aromatic carbocycles. The van der Waals surface area contributed by atoms with E-state index < -0.39 is 5.97 Å². The zero-order chi connectivity index (χ0) is 15.1. The first-order valence-corrected chi connectivity index (χ1v) is 6.25. The number of carboxylic acids is 1. The van der Waals surface area contributed by atoms with Crippen LogP contribution in [-0.2, 0) is 13.1 Å². The molecule has 0 aliphatic carbocycles. The largest absolute Gasteiger partial charge is 0.478 e. The van der Waals surface area contributed by atoms with Crippen LogP contribution in [0.15, 0.2) is 42.6 Å². The van der Waals surface area contributed by atoms with Crippen LogP contribution < -0.4 is 10.6 Å². The van der Waals surface area contributed by atoms with Gasteiger partial charge in [-0.3, -0.25) is 0 Å². The number of hydrogen-bond acceptors (Lipinski definition) is 4. The molecule has 0 fully saturated rings. The van der Waals surface area contributed by atoms with Gasteiger partial charge in [-0.15, -0.1) is 0 Å². The Morgan fingerprint density at radius 2 is 1.76 bits per heavy atom. The Labute approximate surface area is 121 Å². The highest BCUT2D eigenvalue weighted by Crippen LogP contribution is 2.04. The third-order valence-electron chi connectivity index (χ3n) is 2.71. The van der Waals surface area contributed by atoms with Crippen LogP contribution in [0.1, 0.15) is 21.6 Å². The molecule has 7 heteroatoms. The lowest BCUT2D eigenvalue weighted by molar-refractivity contribution is 0.0697. The second kappa shape index (κ2) is 6.99. The minimum atomic E-state index is -0.976. The van der Waals surface area contributed by atoms with Crippen molar-refractivity contribution in [3.63, 3.8) is 0 Å². The molecule has 0 saturated heterocycles. The monoisotopic (exact) mass is 286 g/mol. The zero-order valence-corrected chi connectivity index (χ0v) is 11.1. The van der Waals surface area contributed by atoms with Crippen LogP contribution in [0.25, 0.3) is 0 Å². The van der Waals surface area contributed by atoms with E-state index in [1.54, 1.807) is 30.5 Å². The van der Waals surface area contributed by atoms with E-state index in [9.17, 15) is 9.59 Å². The summed E-state index contributed by atoms with van der Waals surface area (Å²) in [5, 5.41) is 21.7. The van der Waals surface area contributed by atoms with E-state index >= 15 is 0 Å². The Kier molecular flexibility index (Phi) is 4.81. The summed E-state index contributed by atoms with van der Waals surface area (Å²) in [5.74, 6) is -0.976. The molecule has 2 rings (SSSR count). The van der Waals surface area contributed by atoms with Gasteiger partial charge in [0.2, 0.25) is 0 Å². The highest BCUT2D eigenvalue weighted by Gasteiger charge is 2.04. The van der Waals surface area contributed by atoms with Crippen molar-refractivity contribution in [3.05, 3.63) is 59.4 Å². The maximum absolute atomic E-state index is 11.6. The zero-order valence-electron chi connectivity index (χ0n) is 11.1. The van der Waals surface area contributed by atoms with Gasteiger partial charge in [0, 0.05) is 12.7 Å². The van der Waals surface area contributed by atoms with Gasteiger partial charge in [-0.1, -0.05) is 12.1 Å². The third-order valence-corrected chi connectivity index (χ3v) is 2.71. The number of carbonyl (C=O) groups is 2. The van der Waals surface area contributed by atoms with E-state index in [-0.39, 0.29) is 18.1 Å². The van der Waals surface area contributed by atoms with Crippen molar-refractivity contribution < 1.29 is 14.7 Å². The second-order valence-corrected chi connectivity index (χ2v) is 4.25. The number of aromatic carboxylic acids is 1. The molecule has 0 spiro atoms. The minimum Gasteiger partial charge on any atom is -0.478 e. The number of benzene rings is 1. The van der Waals surface area contributed by atoms with Gasteiger partial charge in [0.1, 0.15) is 0 Å². The van der Waals surface area contributed by atoms with Crippen molar-refractivity contribution in [2.75, 3.05) is 0 Å². The number of carboxylic acid groups (broad SMARTS) is 1. The highest BCUT2D eigenvalue weighted by molar-refractivity contribution is 5.87. The molecule has 3 N–H and O–H groups in total. The second-order valence-electron chi connectivity index (χ2n) is 4.25. The van der Waals surface area contributed by atoms with Gasteiger partial charge in [0.05, 0.1) is 17.8 Å². The van der Waals surface area contributed by atoms with Crippen molar-refractivity contribution in [2.45, 2.75) is 13.1 Å². The summed E-state index contributed by atoms with van der Waals surface area (Å²) in [6.45, 7) is 0.601. The fourth-order valence-electron chi connectivity index (χ4n) is 1.61. The Hall–Kier alpha value is -2.96. The maximum atomic E-state index is 11.6. The number of hydrogen-bond donors (Lipinski definition) is 3. The van der Waals surface area contributed by atoms with Crippen LogP contribution in [0.5, 0.6) is 0 Å². The molecule has 0 atom stereocenters. The predicted molar refractivity (Wildman–Crippen MR) is 74.5 cm³/mol. The van der Waals surface area contributed by atoms with Gasteiger partial charge in [-0.2, -0.15) is 10.2 Å². The molecule has 1 heterocycles. The van der Waals surface area contributed by atoms with Gasteiger partial charge < -0.3 is 15.7 Å². The Morgan fingerprint density at radius 1 is 1.05 bits per heavy atom. The van der Waals surface area contributed by atoms with Gasteiger partial charge in [-0.25, -0.2) is 9.59 Å². The average Bonchev–Trinajstić information content (AvgIpc) is 2.52. The normalized spacial score (nSPS) is 9.90. The van der Waals surface area contributed by atoms with E-state index in [0.29, 0.717) is 12.2 Å². The molecule has 21 heavy (non-hydrogen) atoms. The standard InChI is InChI=1S/C14H14N4O3/c19-13(20)11-5-3-10(4-6-11)8-15-14(21)16-9-12-2-1-7-17-18-12/h1-7H,8-9H2,(H,19,20)(H2,15,16,21). The van der Waals surface area contributed by atoms with Crippen LogP contribution in [0.4, 0.5) is 4.79 Å². The molecule has 0 unspecified atom stereocenters. The first-order chi connectivity index (χ1) is 10.1. The molecule has 0 radical (unpaired) electrons. The van der Waals surface area contributed by atoms with Gasteiger partial charge in [0.25, 0.3) is 0 Å². The van der Waals surface area contributed by atoms with Crippen molar-refractivity contribution >= 4 is 12.0 Å². The summed E-state index contributed by atoms with van der Waals surface area (Å²) in [5.41, 5.74) is 1.69. The number of rotatable bonds is 5. The lowest BCUT2D eigenvalue weighted by Gasteiger charge is -2.07. The summed E-state index contributed by atoms with van der Waals surface area (Å²) in [6, 6.07) is 9.49. The third kappa shape index (κ3) is 4.57. The van der Waals surface area contributed by atoms with Gasteiger partial charge in [0.15, 0.2) is 0 Å². The summed E-state index contributed by atoms with van der Waals surface area (Å²) in [6.07, 6.45) is 1.56. The quantitative estimate of drug-likeness (QED) is 0.765. The lowest BCUT2D eigenvalue weighted by Crippen LogP contribution is -2.34. The SMILES string of the molecule is O=C(NCc1ccc(C(=O)O)cc1)NCc1cccnn1. The molecule has 0 aliphatic heterocycles. The molecule has 0 saturated carbocycles. The molecular weight excluding hydrogens is 272 g/mol. The molecule has 2 amide bonds. The van der Waals surface area contributed by atoms with Crippen molar-refractivity contribution in [1.82, 2.24) is 20.8 Å². The Balaban J connectivity index is 1.77. The summed E-state index contributed by atoms with van der Waals surface area (Å²) in [4.78, 5) is 22.3. The maximum Gasteiger partial charge on any atom is 0.335 e. The molecular formula is C14H14N4O3. The molecule has 0 aliphatic rings. The van der Waals surface area contributed by atoms with Crippen LogP contribution in [0.3, 0.4) is 0 Å². The molecule has 2 aromatic rings. The van der Waals surface area contributed by atoms with Crippen LogP contribution in [0, 0.1) is 0 Å². The number of urea groups is 1. The molecule has 1 aromatic heterocycles. The van der Waals surface area contributed by atoms with E-state index in [4.69, 9.17) is 5.11 Å². The smallest absolute Gasteiger partial charge is 0.335 e. The number of nitrogens with zero attached hydrogens (tertiary/aromatic N) is 2. The fourth-order valence-corrected chi connectivity index (χ4v) is 1.61. The number of aromatic nitrogens is 2. The van der Waals surface area contributed by atoms with Crippen LogP contribution in [-0.4, -0.2) is 27.3 Å². The molecule has 7 nitrogen and oxygen atoms in total.